The van der Waals surface area contributed by atoms with Gasteiger partial charge in [0, 0.05) is 18.0 Å². The Balaban J connectivity index is 1.54. The summed E-state index contributed by atoms with van der Waals surface area (Å²) in [6.07, 6.45) is 9.60. The van der Waals surface area contributed by atoms with E-state index in [2.05, 4.69) is 79.4 Å². The van der Waals surface area contributed by atoms with Gasteiger partial charge in [-0.2, -0.15) is 0 Å². The van der Waals surface area contributed by atoms with Gasteiger partial charge in [-0.05, 0) is 124 Å². The van der Waals surface area contributed by atoms with Crippen LogP contribution in [0.3, 0.4) is 0 Å². The molecule has 260 valence electrons. The number of carbonyl (C=O) groups is 2. The molecular formula is C42H58N2O4. The van der Waals surface area contributed by atoms with E-state index >= 15 is 0 Å². The largest absolute Gasteiger partial charge is 0.458 e. The number of benzene rings is 1. The first-order valence-corrected chi connectivity index (χ1v) is 18.4. The zero-order valence-corrected chi connectivity index (χ0v) is 31.3. The molecule has 2 heterocycles. The van der Waals surface area contributed by atoms with Gasteiger partial charge >= 0.3 is 11.9 Å². The second kappa shape index (κ2) is 14.6. The molecule has 0 amide bonds. The van der Waals surface area contributed by atoms with Crippen LogP contribution >= 0.6 is 0 Å². The van der Waals surface area contributed by atoms with Crippen molar-refractivity contribution >= 4 is 23.7 Å². The minimum absolute atomic E-state index is 0.0842. The number of esters is 2. The Bertz CT molecular complexity index is 1610. The van der Waals surface area contributed by atoms with Crippen LogP contribution < -0.4 is 0 Å². The van der Waals surface area contributed by atoms with Gasteiger partial charge in [-0.3, -0.25) is 4.99 Å². The van der Waals surface area contributed by atoms with Crippen LogP contribution in [-0.4, -0.2) is 35.3 Å². The quantitative estimate of drug-likeness (QED) is 0.287. The third kappa shape index (κ3) is 7.28. The van der Waals surface area contributed by atoms with Crippen LogP contribution in [0.2, 0.25) is 0 Å². The van der Waals surface area contributed by atoms with Gasteiger partial charge in [0.05, 0.1) is 22.5 Å². The number of aromatic amines is 1. The highest BCUT2D eigenvalue weighted by atomic mass is 16.5. The summed E-state index contributed by atoms with van der Waals surface area (Å²) in [4.78, 5) is 36.0. The molecule has 6 heteroatoms. The molecule has 1 aliphatic heterocycles. The van der Waals surface area contributed by atoms with Crippen molar-refractivity contribution < 1.29 is 19.1 Å². The van der Waals surface area contributed by atoms with E-state index in [1.807, 2.05) is 13.8 Å². The zero-order chi connectivity index (χ0) is 35.0. The number of aromatic nitrogens is 1. The zero-order valence-electron chi connectivity index (χ0n) is 31.3. The molecule has 2 fully saturated rings. The standard InChI is InChI=1S/C42H58N2O4/c1-22(2)31-14-12-24(5)18-35(31)47-41(45)33-20-43-39(29(33)10)38(37-27(8)16-26(7)17-28(37)9)40-30(11)34(21-44-40)42(46)48-36-19-25(6)13-15-32(36)23(3)4/h16-17,20-25,31-32,35-36,43H,12-15,18-19H2,1-11H3/b40-38-. The maximum atomic E-state index is 13.8. The second-order valence-electron chi connectivity index (χ2n) is 16.0. The van der Waals surface area contributed by atoms with Crippen molar-refractivity contribution in [2.45, 2.75) is 127 Å². The Morgan fingerprint density at radius 2 is 1.31 bits per heavy atom. The molecule has 1 aromatic carbocycles. The predicted octanol–water partition coefficient (Wildman–Crippen LogP) is 10.0. The number of nitrogens with one attached hydrogen (secondary N) is 1. The van der Waals surface area contributed by atoms with E-state index in [4.69, 9.17) is 14.5 Å². The lowest BCUT2D eigenvalue weighted by molar-refractivity contribution is -0.150. The number of allylic oxidation sites excluding steroid dienone is 1. The summed E-state index contributed by atoms with van der Waals surface area (Å²) in [7, 11) is 0. The minimum Gasteiger partial charge on any atom is -0.458 e. The Kier molecular flexibility index (Phi) is 10.9. The molecule has 0 radical (unpaired) electrons. The topological polar surface area (TPSA) is 80.8 Å². The molecule has 0 saturated heterocycles. The summed E-state index contributed by atoms with van der Waals surface area (Å²) in [5, 5.41) is 0. The summed E-state index contributed by atoms with van der Waals surface area (Å²) >= 11 is 0. The first kappa shape index (κ1) is 35.9. The van der Waals surface area contributed by atoms with E-state index in [1.165, 1.54) is 18.4 Å². The summed E-state index contributed by atoms with van der Waals surface area (Å²) in [6, 6.07) is 4.35. The van der Waals surface area contributed by atoms with Gasteiger partial charge in [-0.1, -0.05) is 72.1 Å². The minimum atomic E-state index is -0.304. The first-order chi connectivity index (χ1) is 22.7. The molecule has 1 aromatic heterocycles. The van der Waals surface area contributed by atoms with E-state index in [9.17, 15) is 9.59 Å². The highest BCUT2D eigenvalue weighted by Gasteiger charge is 2.37. The van der Waals surface area contributed by atoms with Crippen LogP contribution in [0.25, 0.3) is 5.57 Å². The van der Waals surface area contributed by atoms with Gasteiger partial charge < -0.3 is 14.5 Å². The van der Waals surface area contributed by atoms with Crippen LogP contribution in [-0.2, 0) is 14.3 Å². The molecule has 6 nitrogen and oxygen atoms in total. The van der Waals surface area contributed by atoms with Crippen LogP contribution in [0.4, 0.5) is 0 Å². The Labute approximate surface area is 288 Å². The van der Waals surface area contributed by atoms with Crippen molar-refractivity contribution in [2.75, 3.05) is 0 Å². The molecule has 1 N–H and O–H groups in total. The highest BCUT2D eigenvalue weighted by Crippen LogP contribution is 2.41. The molecule has 5 rings (SSSR count). The SMILES string of the molecule is CC1=C(C(=O)OC2CC(C)CCC2C(C)C)C=N/C1=C(\c1[nH]cc(C(=O)OC2CC(C)CCC2C(C)C)c1C)c1c(C)cc(C)cc1C. The third-order valence-corrected chi connectivity index (χ3v) is 11.5. The average Bonchev–Trinajstić information content (AvgIpc) is 3.56. The molecule has 2 aromatic rings. The van der Waals surface area contributed by atoms with Crippen LogP contribution in [0, 0.1) is 63.2 Å². The fourth-order valence-electron chi connectivity index (χ4n) is 8.71. The number of H-pyrrole nitrogens is 1. The lowest BCUT2D eigenvalue weighted by Crippen LogP contribution is -2.36. The van der Waals surface area contributed by atoms with E-state index in [0.717, 1.165) is 70.5 Å². The van der Waals surface area contributed by atoms with E-state index in [0.29, 0.717) is 46.6 Å². The fourth-order valence-corrected chi connectivity index (χ4v) is 8.71. The molecule has 0 spiro atoms. The van der Waals surface area contributed by atoms with E-state index < -0.39 is 0 Å². The lowest BCUT2D eigenvalue weighted by atomic mass is 9.75. The highest BCUT2D eigenvalue weighted by molar-refractivity contribution is 6.14. The Morgan fingerprint density at radius 1 is 0.792 bits per heavy atom. The summed E-state index contributed by atoms with van der Waals surface area (Å²) in [5.41, 5.74) is 9.52. The van der Waals surface area contributed by atoms with Gasteiger partial charge in [0.2, 0.25) is 0 Å². The van der Waals surface area contributed by atoms with Crippen molar-refractivity contribution in [3.05, 3.63) is 74.2 Å². The molecule has 2 saturated carbocycles. The van der Waals surface area contributed by atoms with E-state index in [-0.39, 0.29) is 24.1 Å². The predicted molar refractivity (Wildman–Crippen MR) is 195 cm³/mol. The lowest BCUT2D eigenvalue weighted by Gasteiger charge is -2.36. The van der Waals surface area contributed by atoms with Gasteiger partial charge in [-0.15, -0.1) is 0 Å². The summed E-state index contributed by atoms with van der Waals surface area (Å²) in [6.45, 7) is 23.7. The van der Waals surface area contributed by atoms with Crippen molar-refractivity contribution in [1.82, 2.24) is 4.98 Å². The van der Waals surface area contributed by atoms with E-state index in [1.54, 1.807) is 12.4 Å². The van der Waals surface area contributed by atoms with Crippen molar-refractivity contribution in [3.8, 4) is 0 Å². The van der Waals surface area contributed by atoms with Crippen molar-refractivity contribution in [2.24, 2.45) is 40.5 Å². The molecular weight excluding hydrogens is 596 g/mol. The Morgan fingerprint density at radius 3 is 1.83 bits per heavy atom. The Hall–Kier alpha value is -3.41. The van der Waals surface area contributed by atoms with Gasteiger partial charge in [0.15, 0.2) is 0 Å². The van der Waals surface area contributed by atoms with Crippen molar-refractivity contribution in [3.63, 3.8) is 0 Å². The van der Waals surface area contributed by atoms with Crippen LogP contribution in [0.15, 0.2) is 40.2 Å². The number of aliphatic imine (C=N–C) groups is 1. The smallest absolute Gasteiger partial charge is 0.340 e. The first-order valence-electron chi connectivity index (χ1n) is 18.4. The average molecular weight is 655 g/mol. The number of nitrogens with zero attached hydrogens (tertiary/aromatic N) is 1. The van der Waals surface area contributed by atoms with Crippen molar-refractivity contribution in [1.29, 1.82) is 0 Å². The molecule has 6 atom stereocenters. The van der Waals surface area contributed by atoms with Crippen LogP contribution in [0.1, 0.15) is 131 Å². The maximum Gasteiger partial charge on any atom is 0.340 e. The van der Waals surface area contributed by atoms with Gasteiger partial charge in [0.25, 0.3) is 0 Å². The molecule has 6 unspecified atom stereocenters. The van der Waals surface area contributed by atoms with Gasteiger partial charge in [0.1, 0.15) is 12.2 Å². The second-order valence-corrected chi connectivity index (χ2v) is 16.0. The number of hydrogen-bond acceptors (Lipinski definition) is 5. The van der Waals surface area contributed by atoms with Gasteiger partial charge in [-0.25, -0.2) is 9.59 Å². The summed E-state index contributed by atoms with van der Waals surface area (Å²) in [5.74, 6) is 2.12. The summed E-state index contributed by atoms with van der Waals surface area (Å²) < 4.78 is 12.6. The molecule has 48 heavy (non-hydrogen) atoms. The normalized spacial score (nSPS) is 27.2. The maximum absolute atomic E-state index is 13.8. The number of ether oxygens (including phenoxy) is 2. The third-order valence-electron chi connectivity index (χ3n) is 11.5. The molecule has 0 bridgehead atoms. The monoisotopic (exact) mass is 654 g/mol. The number of carbonyl (C=O) groups excluding carboxylic acids is 2. The number of rotatable bonds is 8. The molecule has 2 aliphatic carbocycles. The number of hydrogen-bond donors (Lipinski definition) is 1. The molecule has 3 aliphatic rings. The fraction of sp³-hybridized carbons (Fsp3) is 0.595. The number of aryl methyl sites for hydroxylation is 3. The van der Waals surface area contributed by atoms with Crippen LogP contribution in [0.5, 0.6) is 0 Å².